The van der Waals surface area contributed by atoms with Gasteiger partial charge >= 0.3 is 6.03 Å². The second-order valence-corrected chi connectivity index (χ2v) is 9.40. The topological polar surface area (TPSA) is 56.3 Å². The summed E-state index contributed by atoms with van der Waals surface area (Å²) in [5, 5.41) is 0. The maximum atomic E-state index is 12.6. The van der Waals surface area contributed by atoms with Crippen LogP contribution in [0.2, 0.25) is 0 Å². The third-order valence-electron chi connectivity index (χ3n) is 7.19. The Bertz CT molecular complexity index is 966. The number of nitrogens with zero attached hydrogens (tertiary/aromatic N) is 4. The third-order valence-corrected chi connectivity index (χ3v) is 7.19. The van der Waals surface area contributed by atoms with Crippen molar-refractivity contribution >= 4 is 17.6 Å². The third kappa shape index (κ3) is 4.89. The van der Waals surface area contributed by atoms with Crippen molar-refractivity contribution in [2.45, 2.75) is 38.1 Å². The number of para-hydroxylation sites is 3. The minimum absolute atomic E-state index is 0.0229. The molecule has 2 aromatic carbocycles. The number of carbonyl (C=O) groups excluding carboxylic acids is 2. The fraction of sp³-hybridized carbons (Fsp3) is 0.481. The van der Waals surface area contributed by atoms with Gasteiger partial charge in [0.1, 0.15) is 11.8 Å². The number of benzene rings is 2. The van der Waals surface area contributed by atoms with Crippen LogP contribution in [-0.4, -0.2) is 78.5 Å². The quantitative estimate of drug-likeness (QED) is 0.435. The van der Waals surface area contributed by atoms with Crippen molar-refractivity contribution in [3.8, 4) is 11.5 Å². The fourth-order valence-electron chi connectivity index (χ4n) is 5.29. The van der Waals surface area contributed by atoms with Gasteiger partial charge in [-0.3, -0.25) is 14.6 Å². The van der Waals surface area contributed by atoms with E-state index in [1.807, 2.05) is 42.5 Å². The van der Waals surface area contributed by atoms with Crippen LogP contribution >= 0.6 is 0 Å². The monoisotopic (exact) mass is 462 g/mol. The lowest BCUT2D eigenvalue weighted by Crippen LogP contribution is -2.46. The molecule has 1 atom stereocenters. The van der Waals surface area contributed by atoms with Gasteiger partial charge in [0.05, 0.1) is 5.69 Å². The van der Waals surface area contributed by atoms with Crippen LogP contribution in [0.5, 0.6) is 11.5 Å². The Morgan fingerprint density at radius 3 is 2.32 bits per heavy atom. The maximum absolute atomic E-state index is 12.6. The first-order valence-corrected chi connectivity index (χ1v) is 12.6. The van der Waals surface area contributed by atoms with Crippen LogP contribution in [0.25, 0.3) is 0 Å². The lowest BCUT2D eigenvalue weighted by atomic mass is 10.0. The zero-order valence-corrected chi connectivity index (χ0v) is 19.8. The lowest BCUT2D eigenvalue weighted by molar-refractivity contribution is -0.128. The van der Waals surface area contributed by atoms with E-state index in [2.05, 4.69) is 21.9 Å². The summed E-state index contributed by atoms with van der Waals surface area (Å²) in [7, 11) is 0. The molecular formula is C27H34N4O3. The van der Waals surface area contributed by atoms with Crippen molar-refractivity contribution < 1.29 is 14.3 Å². The van der Waals surface area contributed by atoms with Crippen molar-refractivity contribution in [2.75, 3.05) is 50.7 Å². The zero-order valence-electron chi connectivity index (χ0n) is 19.8. The van der Waals surface area contributed by atoms with Gasteiger partial charge in [0.25, 0.3) is 5.91 Å². The summed E-state index contributed by atoms with van der Waals surface area (Å²) in [5.74, 6) is 1.76. The van der Waals surface area contributed by atoms with Gasteiger partial charge < -0.3 is 14.5 Å². The molecule has 0 unspecified atom stereocenters. The second-order valence-electron chi connectivity index (χ2n) is 9.40. The van der Waals surface area contributed by atoms with Crippen molar-refractivity contribution in [2.24, 2.45) is 0 Å². The molecule has 3 aliphatic heterocycles. The first kappa shape index (κ1) is 22.7. The molecule has 3 aliphatic rings. The van der Waals surface area contributed by atoms with E-state index in [0.29, 0.717) is 6.54 Å². The Labute approximate surface area is 201 Å². The van der Waals surface area contributed by atoms with Gasteiger partial charge in [0.2, 0.25) is 0 Å². The number of fused-ring (bicyclic) bond motifs is 1. The summed E-state index contributed by atoms with van der Waals surface area (Å²) < 4.78 is 6.15. The first-order chi connectivity index (χ1) is 16.7. The maximum Gasteiger partial charge on any atom is 0.327 e. The van der Waals surface area contributed by atoms with Crippen molar-refractivity contribution in [1.29, 1.82) is 0 Å². The van der Waals surface area contributed by atoms with Crippen LogP contribution in [0, 0.1) is 0 Å². The molecule has 34 heavy (non-hydrogen) atoms. The summed E-state index contributed by atoms with van der Waals surface area (Å²) >= 11 is 0. The molecule has 7 heteroatoms. The molecule has 2 aromatic rings. The van der Waals surface area contributed by atoms with Gasteiger partial charge in [-0.2, -0.15) is 0 Å². The summed E-state index contributed by atoms with van der Waals surface area (Å²) in [6.07, 6.45) is 4.74. The largest absolute Gasteiger partial charge is 0.455 e. The number of carbonyl (C=O) groups is 2. The van der Waals surface area contributed by atoms with Crippen LogP contribution < -0.4 is 9.64 Å². The van der Waals surface area contributed by atoms with E-state index >= 15 is 0 Å². The number of piperidine rings is 1. The lowest BCUT2D eigenvalue weighted by Gasteiger charge is -2.36. The normalized spacial score (nSPS) is 21.2. The Morgan fingerprint density at radius 1 is 0.794 bits per heavy atom. The smallest absolute Gasteiger partial charge is 0.327 e. The minimum atomic E-state index is -0.192. The van der Waals surface area contributed by atoms with E-state index < -0.39 is 0 Å². The SMILES string of the molecule is O=C1[C@H]2CCCCN2C(=O)N1CCCCN1CCN(c2ccccc2Oc2ccccc2)CC1. The van der Waals surface area contributed by atoms with Gasteiger partial charge in [-0.05, 0) is 62.9 Å². The zero-order chi connectivity index (χ0) is 23.3. The molecule has 0 spiro atoms. The Balaban J connectivity index is 1.07. The van der Waals surface area contributed by atoms with Crippen molar-refractivity contribution in [3.63, 3.8) is 0 Å². The molecule has 0 bridgehead atoms. The molecule has 3 amide bonds. The number of ether oxygens (including phenoxy) is 1. The van der Waals surface area contributed by atoms with Crippen LogP contribution in [0.4, 0.5) is 10.5 Å². The van der Waals surface area contributed by atoms with E-state index in [4.69, 9.17) is 4.74 Å². The highest BCUT2D eigenvalue weighted by molar-refractivity contribution is 6.04. The van der Waals surface area contributed by atoms with E-state index in [0.717, 1.165) is 88.6 Å². The Hall–Kier alpha value is -3.06. The van der Waals surface area contributed by atoms with Crippen molar-refractivity contribution in [3.05, 3.63) is 54.6 Å². The number of piperazine rings is 1. The molecule has 7 nitrogen and oxygen atoms in total. The molecule has 3 heterocycles. The molecule has 3 fully saturated rings. The van der Waals surface area contributed by atoms with Crippen LogP contribution in [-0.2, 0) is 4.79 Å². The van der Waals surface area contributed by atoms with E-state index in [1.165, 1.54) is 4.90 Å². The number of unbranched alkanes of at least 4 members (excludes halogenated alkanes) is 1. The highest BCUT2D eigenvalue weighted by atomic mass is 16.5. The molecule has 180 valence electrons. The van der Waals surface area contributed by atoms with Crippen molar-refractivity contribution in [1.82, 2.24) is 14.7 Å². The van der Waals surface area contributed by atoms with E-state index in [1.54, 1.807) is 4.90 Å². The van der Waals surface area contributed by atoms with Gasteiger partial charge in [-0.15, -0.1) is 0 Å². The van der Waals surface area contributed by atoms with Gasteiger partial charge in [-0.25, -0.2) is 4.79 Å². The highest BCUT2D eigenvalue weighted by Gasteiger charge is 2.45. The standard InChI is InChI=1S/C27H34N4O3/c32-26-24-13-6-7-16-30(24)27(33)31(26)17-9-8-15-28-18-20-29(21-19-28)23-12-4-5-14-25(23)34-22-10-2-1-3-11-22/h1-5,10-12,14,24H,6-9,13,15-21H2/t24-/m1/s1. The van der Waals surface area contributed by atoms with Gasteiger partial charge in [0, 0.05) is 39.3 Å². The predicted molar refractivity (Wildman–Crippen MR) is 132 cm³/mol. The summed E-state index contributed by atoms with van der Waals surface area (Å²) in [6, 6.07) is 17.9. The average Bonchev–Trinajstić information content (AvgIpc) is 3.13. The fourth-order valence-corrected chi connectivity index (χ4v) is 5.29. The second kappa shape index (κ2) is 10.5. The van der Waals surface area contributed by atoms with Gasteiger partial charge in [0.15, 0.2) is 5.75 Å². The molecule has 3 saturated heterocycles. The first-order valence-electron chi connectivity index (χ1n) is 12.6. The summed E-state index contributed by atoms with van der Waals surface area (Å²) in [4.78, 5) is 33.3. The number of urea groups is 1. The Kier molecular flexibility index (Phi) is 7.00. The number of hydrogen-bond acceptors (Lipinski definition) is 5. The van der Waals surface area contributed by atoms with Crippen LogP contribution in [0.1, 0.15) is 32.1 Å². The van der Waals surface area contributed by atoms with E-state index in [-0.39, 0.29) is 18.0 Å². The summed E-state index contributed by atoms with van der Waals surface area (Å²) in [5.41, 5.74) is 1.13. The number of hydrogen-bond donors (Lipinski definition) is 0. The molecule has 0 aromatic heterocycles. The minimum Gasteiger partial charge on any atom is -0.455 e. The van der Waals surface area contributed by atoms with Crippen LogP contribution in [0.15, 0.2) is 54.6 Å². The van der Waals surface area contributed by atoms with Crippen LogP contribution in [0.3, 0.4) is 0 Å². The molecule has 0 saturated carbocycles. The molecular weight excluding hydrogens is 428 g/mol. The molecule has 0 N–H and O–H groups in total. The number of rotatable bonds is 8. The van der Waals surface area contributed by atoms with Gasteiger partial charge in [-0.1, -0.05) is 30.3 Å². The number of anilines is 1. The highest BCUT2D eigenvalue weighted by Crippen LogP contribution is 2.32. The molecule has 5 rings (SSSR count). The van der Waals surface area contributed by atoms with E-state index in [9.17, 15) is 9.59 Å². The molecule has 0 radical (unpaired) electrons. The predicted octanol–water partition coefficient (Wildman–Crippen LogP) is 4.20. The average molecular weight is 463 g/mol. The number of imide groups is 1. The summed E-state index contributed by atoms with van der Waals surface area (Å²) in [6.45, 7) is 6.18. The Morgan fingerprint density at radius 2 is 1.53 bits per heavy atom. The number of amides is 3. The molecule has 0 aliphatic carbocycles.